The first-order chi connectivity index (χ1) is 13.5. The molecule has 1 aromatic carbocycles. The molecule has 1 unspecified atom stereocenters. The molecule has 1 aromatic rings. The maximum atomic E-state index is 11.9. The van der Waals surface area contributed by atoms with Crippen LogP contribution in [-0.4, -0.2) is 50.4 Å². The lowest BCUT2D eigenvalue weighted by atomic mass is 10.0. The lowest BCUT2D eigenvalue weighted by Crippen LogP contribution is -2.46. The fraction of sp³-hybridized carbons (Fsp3) is 0.682. The number of hydrogen-bond acceptors (Lipinski definition) is 5. The second kappa shape index (κ2) is 16.2. The van der Waals surface area contributed by atoms with Crippen molar-refractivity contribution in [2.45, 2.75) is 65.8 Å². The Hall–Kier alpha value is -1.79. The van der Waals surface area contributed by atoms with Gasteiger partial charge in [0.2, 0.25) is 5.91 Å². The van der Waals surface area contributed by atoms with E-state index in [0.717, 1.165) is 42.8 Å². The van der Waals surface area contributed by atoms with Crippen molar-refractivity contribution in [3.8, 4) is 5.75 Å². The summed E-state index contributed by atoms with van der Waals surface area (Å²) in [6.07, 6.45) is 4.94. The van der Waals surface area contributed by atoms with Crippen molar-refractivity contribution in [3.05, 3.63) is 23.8 Å². The maximum Gasteiger partial charge on any atom is 0.239 e. The normalized spacial score (nSPS) is 15.6. The number of nitrogens with one attached hydrogen (secondary N) is 1. The molecule has 0 aromatic heterocycles. The van der Waals surface area contributed by atoms with Crippen molar-refractivity contribution in [2.24, 2.45) is 5.73 Å². The molecule has 6 heteroatoms. The van der Waals surface area contributed by atoms with Crippen LogP contribution < -0.4 is 20.7 Å². The average Bonchev–Trinajstić information content (AvgIpc) is 2.69. The molecule has 0 radical (unpaired) electrons. The molecule has 2 rings (SSSR count). The van der Waals surface area contributed by atoms with Crippen LogP contribution in [0.5, 0.6) is 5.75 Å². The van der Waals surface area contributed by atoms with Gasteiger partial charge in [0.25, 0.3) is 0 Å². The zero-order chi connectivity index (χ0) is 21.4. The van der Waals surface area contributed by atoms with E-state index in [2.05, 4.69) is 19.2 Å². The van der Waals surface area contributed by atoms with Crippen molar-refractivity contribution in [3.63, 3.8) is 0 Å². The van der Waals surface area contributed by atoms with Crippen molar-refractivity contribution < 1.29 is 14.6 Å². The lowest BCUT2D eigenvalue weighted by Gasteiger charge is -2.28. The predicted molar refractivity (Wildman–Crippen MR) is 118 cm³/mol. The smallest absolute Gasteiger partial charge is 0.239 e. The quantitative estimate of drug-likeness (QED) is 0.618. The number of unbranched alkanes of at least 4 members (excludes halogenated alkanes) is 2. The van der Waals surface area contributed by atoms with Crippen molar-refractivity contribution in [1.29, 1.82) is 0 Å². The predicted octanol–water partition coefficient (Wildman–Crippen LogP) is 3.11. The molecular formula is C22H41N3O3. The van der Waals surface area contributed by atoms with Gasteiger partial charge in [0.05, 0.1) is 25.8 Å². The van der Waals surface area contributed by atoms with Crippen LogP contribution in [0.25, 0.3) is 0 Å². The highest BCUT2D eigenvalue weighted by molar-refractivity contribution is 5.82. The fourth-order valence-electron chi connectivity index (χ4n) is 2.78. The van der Waals surface area contributed by atoms with Gasteiger partial charge in [0.15, 0.2) is 0 Å². The summed E-state index contributed by atoms with van der Waals surface area (Å²) >= 11 is 0. The molecule has 28 heavy (non-hydrogen) atoms. The molecule has 0 saturated heterocycles. The number of anilines is 1. The third kappa shape index (κ3) is 9.95. The summed E-state index contributed by atoms with van der Waals surface area (Å²) in [4.78, 5) is 13.8. The fourth-order valence-corrected chi connectivity index (χ4v) is 2.78. The number of benzene rings is 1. The Labute approximate surface area is 171 Å². The van der Waals surface area contributed by atoms with E-state index in [1.165, 1.54) is 6.42 Å². The van der Waals surface area contributed by atoms with E-state index in [4.69, 9.17) is 10.5 Å². The summed E-state index contributed by atoms with van der Waals surface area (Å²) in [6.45, 7) is 9.84. The minimum absolute atomic E-state index is 0.0612. The van der Waals surface area contributed by atoms with Gasteiger partial charge in [0.1, 0.15) is 5.75 Å². The van der Waals surface area contributed by atoms with Crippen LogP contribution in [0.1, 0.15) is 58.9 Å². The first-order valence-electron chi connectivity index (χ1n) is 10.6. The molecule has 162 valence electrons. The molecule has 1 atom stereocenters. The number of nitrogens with zero attached hydrogens (tertiary/aromatic N) is 1. The van der Waals surface area contributed by atoms with Crippen molar-refractivity contribution in [2.75, 3.05) is 38.3 Å². The van der Waals surface area contributed by atoms with E-state index < -0.39 is 0 Å². The molecule has 1 amide bonds. The molecule has 4 N–H and O–H groups in total. The van der Waals surface area contributed by atoms with Crippen LogP contribution in [0.2, 0.25) is 0 Å². The van der Waals surface area contributed by atoms with Gasteiger partial charge in [-0.05, 0) is 43.9 Å². The number of carbonyl (C=O) groups excluding carboxylic acids is 1. The minimum Gasteiger partial charge on any atom is -0.494 e. The zero-order valence-corrected chi connectivity index (χ0v) is 18.5. The van der Waals surface area contributed by atoms with Crippen LogP contribution in [0, 0.1) is 0 Å². The molecule has 0 fully saturated rings. The first kappa shape index (κ1) is 26.2. The van der Waals surface area contributed by atoms with Gasteiger partial charge in [-0.2, -0.15) is 0 Å². The highest BCUT2D eigenvalue weighted by Crippen LogP contribution is 2.27. The van der Waals surface area contributed by atoms with Crippen molar-refractivity contribution >= 4 is 11.6 Å². The summed E-state index contributed by atoms with van der Waals surface area (Å²) < 4.78 is 5.80. The SMILES string of the molecule is CC.CCC.CN1CC(=O)NC(CO)Cc2ccc(OCCCCCN)cc21. The summed E-state index contributed by atoms with van der Waals surface area (Å²) in [5, 5.41) is 12.2. The van der Waals surface area contributed by atoms with Crippen LogP contribution >= 0.6 is 0 Å². The second-order valence-electron chi connectivity index (χ2n) is 6.70. The van der Waals surface area contributed by atoms with Gasteiger partial charge in [-0.15, -0.1) is 0 Å². The zero-order valence-electron chi connectivity index (χ0n) is 18.5. The summed E-state index contributed by atoms with van der Waals surface area (Å²) in [7, 11) is 1.89. The average molecular weight is 396 g/mol. The number of hydrogen-bond donors (Lipinski definition) is 3. The van der Waals surface area contributed by atoms with Crippen LogP contribution in [0.15, 0.2) is 18.2 Å². The van der Waals surface area contributed by atoms with Gasteiger partial charge in [-0.1, -0.05) is 40.2 Å². The molecule has 0 saturated carbocycles. The molecule has 6 nitrogen and oxygen atoms in total. The summed E-state index contributed by atoms with van der Waals surface area (Å²) in [5.74, 6) is 0.732. The monoisotopic (exact) mass is 395 g/mol. The van der Waals surface area contributed by atoms with Crippen LogP contribution in [0.4, 0.5) is 5.69 Å². The number of aliphatic hydroxyl groups excluding tert-OH is 1. The Morgan fingerprint density at radius 2 is 1.93 bits per heavy atom. The molecule has 1 heterocycles. The Balaban J connectivity index is 0.00000133. The number of likely N-dealkylation sites (N-methyl/N-ethyl adjacent to an activating group) is 1. The maximum absolute atomic E-state index is 11.9. The van der Waals surface area contributed by atoms with Crippen LogP contribution in [-0.2, 0) is 11.2 Å². The molecule has 1 aliphatic heterocycles. The second-order valence-corrected chi connectivity index (χ2v) is 6.70. The number of amides is 1. The van der Waals surface area contributed by atoms with E-state index in [0.29, 0.717) is 13.0 Å². The highest BCUT2D eigenvalue weighted by Gasteiger charge is 2.21. The van der Waals surface area contributed by atoms with E-state index >= 15 is 0 Å². The number of aliphatic hydroxyl groups is 1. The van der Waals surface area contributed by atoms with Gasteiger partial charge in [0, 0.05) is 18.8 Å². The molecule has 1 aliphatic rings. The van der Waals surface area contributed by atoms with E-state index in [-0.39, 0.29) is 25.1 Å². The first-order valence-corrected chi connectivity index (χ1v) is 10.6. The summed E-state index contributed by atoms with van der Waals surface area (Å²) in [6, 6.07) is 5.71. The van der Waals surface area contributed by atoms with Gasteiger partial charge in [-0.3, -0.25) is 4.79 Å². The Morgan fingerprint density at radius 1 is 1.25 bits per heavy atom. The standard InChI is InChI=1S/C17H27N3O3.C3H8.C2H6/c1-20-11-17(22)19-14(12-21)9-13-5-6-15(10-16(13)20)23-8-4-2-3-7-18;1-3-2;1-2/h5-6,10,14,21H,2-4,7-9,11-12,18H2,1H3,(H,19,22);3H2,1-2H3;1-2H3. The van der Waals surface area contributed by atoms with E-state index in [1.54, 1.807) is 0 Å². The molecule has 0 aliphatic carbocycles. The number of carbonyl (C=O) groups is 1. The Morgan fingerprint density at radius 3 is 2.54 bits per heavy atom. The number of nitrogens with two attached hydrogens (primary N) is 1. The van der Waals surface area contributed by atoms with Crippen molar-refractivity contribution in [1.82, 2.24) is 5.32 Å². The minimum atomic E-state index is -0.238. The Bertz CT molecular complexity index is 538. The van der Waals surface area contributed by atoms with E-state index in [9.17, 15) is 9.90 Å². The van der Waals surface area contributed by atoms with Gasteiger partial charge >= 0.3 is 0 Å². The molecule has 0 spiro atoms. The summed E-state index contributed by atoms with van der Waals surface area (Å²) in [5.41, 5.74) is 7.56. The van der Waals surface area contributed by atoms with Crippen LogP contribution in [0.3, 0.4) is 0 Å². The highest BCUT2D eigenvalue weighted by atomic mass is 16.5. The van der Waals surface area contributed by atoms with E-state index in [1.807, 2.05) is 44.0 Å². The molecule has 0 bridgehead atoms. The largest absolute Gasteiger partial charge is 0.494 e. The number of ether oxygens (including phenoxy) is 1. The van der Waals surface area contributed by atoms with Gasteiger partial charge < -0.3 is 25.8 Å². The lowest BCUT2D eigenvalue weighted by molar-refractivity contribution is -0.120. The third-order valence-electron chi connectivity index (χ3n) is 4.02. The third-order valence-corrected chi connectivity index (χ3v) is 4.02. The number of rotatable bonds is 7. The van der Waals surface area contributed by atoms with Gasteiger partial charge in [-0.25, -0.2) is 0 Å². The Kier molecular flexibility index (Phi) is 15.2. The number of fused-ring (bicyclic) bond motifs is 1. The topological polar surface area (TPSA) is 87.8 Å². The molecular weight excluding hydrogens is 354 g/mol.